The Hall–Kier alpha value is -2.98. The second-order valence-electron chi connectivity index (χ2n) is 6.92. The lowest BCUT2D eigenvalue weighted by Crippen LogP contribution is -2.37. The van der Waals surface area contributed by atoms with Crippen LogP contribution in [0.25, 0.3) is 0 Å². The van der Waals surface area contributed by atoms with Gasteiger partial charge in [0.1, 0.15) is 17.1 Å². The van der Waals surface area contributed by atoms with Gasteiger partial charge in [-0.25, -0.2) is 4.48 Å². The maximum atomic E-state index is 6.25. The number of nitrogen functional groups attached to an aromatic ring is 2. The maximum Gasteiger partial charge on any atom is 0.168 e. The molecule has 0 saturated heterocycles. The topological polar surface area (TPSA) is 64.1 Å². The number of fused-ring (bicyclic) bond motifs is 2. The summed E-state index contributed by atoms with van der Waals surface area (Å²) < 4.78 is 0.521. The van der Waals surface area contributed by atoms with E-state index in [0.29, 0.717) is 4.48 Å². The van der Waals surface area contributed by atoms with Crippen LogP contribution in [-0.2, 0) is 0 Å². The molecule has 0 spiro atoms. The molecule has 0 aromatic heterocycles. The molecule has 1 aliphatic rings. The van der Waals surface area contributed by atoms with Crippen molar-refractivity contribution in [2.24, 2.45) is 0 Å². The van der Waals surface area contributed by atoms with Crippen molar-refractivity contribution in [3.8, 4) is 0 Å². The van der Waals surface area contributed by atoms with Crippen LogP contribution in [0.4, 0.5) is 39.8 Å². The first-order valence-electron chi connectivity index (χ1n) is 8.42. The van der Waals surface area contributed by atoms with Crippen LogP contribution in [0.5, 0.6) is 0 Å². The van der Waals surface area contributed by atoms with Gasteiger partial charge in [0.15, 0.2) is 11.4 Å². The van der Waals surface area contributed by atoms with E-state index < -0.39 is 0 Å². The third-order valence-corrected chi connectivity index (χ3v) is 5.27. The lowest BCUT2D eigenvalue weighted by atomic mass is 10.0. The molecule has 0 amide bonds. The van der Waals surface area contributed by atoms with Crippen LogP contribution < -0.4 is 21.3 Å². The Morgan fingerprint density at radius 1 is 0.760 bits per heavy atom. The molecule has 0 unspecified atom stereocenters. The Bertz CT molecular complexity index is 919. The number of quaternary nitrogens is 1. The molecule has 4 rings (SSSR count). The number of nitrogens with one attached hydrogen (secondary N) is 1. The minimum atomic E-state index is 0.521. The van der Waals surface area contributed by atoms with Crippen molar-refractivity contribution in [2.75, 3.05) is 23.8 Å². The number of rotatable bonds is 1. The highest BCUT2D eigenvalue weighted by Gasteiger charge is 2.40. The number of hydrogen-bond donors (Lipinski definition) is 3. The Morgan fingerprint density at radius 3 is 1.72 bits per heavy atom. The van der Waals surface area contributed by atoms with Crippen LogP contribution >= 0.6 is 0 Å². The molecule has 0 aliphatic carbocycles. The van der Waals surface area contributed by atoms with Crippen molar-refractivity contribution in [3.63, 3.8) is 0 Å². The zero-order valence-electron chi connectivity index (χ0n) is 14.8. The summed E-state index contributed by atoms with van der Waals surface area (Å²) in [6.07, 6.45) is 0. The Morgan fingerprint density at radius 2 is 1.24 bits per heavy atom. The third kappa shape index (κ3) is 2.18. The highest BCUT2D eigenvalue weighted by Crippen LogP contribution is 2.54. The van der Waals surface area contributed by atoms with Gasteiger partial charge < -0.3 is 16.8 Å². The predicted molar refractivity (Wildman–Crippen MR) is 108 cm³/mol. The summed E-state index contributed by atoms with van der Waals surface area (Å²) in [6, 6.07) is 18.8. The molecule has 1 aliphatic heterocycles. The van der Waals surface area contributed by atoms with Crippen molar-refractivity contribution in [1.82, 2.24) is 4.48 Å². The van der Waals surface area contributed by atoms with Crippen molar-refractivity contribution < 1.29 is 0 Å². The molecule has 126 valence electrons. The van der Waals surface area contributed by atoms with E-state index >= 15 is 0 Å². The van der Waals surface area contributed by atoms with Gasteiger partial charge in [0.05, 0.1) is 7.05 Å². The molecule has 5 N–H and O–H groups in total. The summed E-state index contributed by atoms with van der Waals surface area (Å²) in [5, 5.41) is 3.57. The molecule has 0 fully saturated rings. The predicted octanol–water partition coefficient (Wildman–Crippen LogP) is 5.13. The van der Waals surface area contributed by atoms with Crippen LogP contribution in [0.2, 0.25) is 0 Å². The minimum absolute atomic E-state index is 0.521. The fourth-order valence-corrected chi connectivity index (χ4v) is 3.64. The maximum absolute atomic E-state index is 6.25. The summed E-state index contributed by atoms with van der Waals surface area (Å²) >= 11 is 0. The Labute approximate surface area is 148 Å². The summed E-state index contributed by atoms with van der Waals surface area (Å²) in [6.45, 7) is 4.07. The first-order chi connectivity index (χ1) is 11.9. The molecule has 4 nitrogen and oxygen atoms in total. The van der Waals surface area contributed by atoms with E-state index in [1.165, 1.54) is 0 Å². The number of nitrogens with zero attached hydrogens (tertiary/aromatic N) is 1. The number of anilines is 4. The Kier molecular flexibility index (Phi) is 3.27. The molecule has 3 aromatic rings. The normalized spacial score (nSPS) is 14.4. The zero-order valence-corrected chi connectivity index (χ0v) is 14.8. The van der Waals surface area contributed by atoms with Gasteiger partial charge in [-0.15, -0.1) is 0 Å². The SMILES string of the molecule is Cc1cc2c(cc1N)[N+](C)(c1ccccc1)c1cc(N)c(C)cc1N2. The van der Waals surface area contributed by atoms with Crippen LogP contribution in [0, 0.1) is 13.8 Å². The fraction of sp³-hybridized carbons (Fsp3) is 0.143. The van der Waals surface area contributed by atoms with Crippen LogP contribution in [0.15, 0.2) is 54.6 Å². The van der Waals surface area contributed by atoms with Gasteiger partial charge in [-0.1, -0.05) is 18.2 Å². The first-order valence-corrected chi connectivity index (χ1v) is 8.42. The van der Waals surface area contributed by atoms with Crippen molar-refractivity contribution >= 4 is 39.8 Å². The zero-order chi connectivity index (χ0) is 17.8. The van der Waals surface area contributed by atoms with E-state index in [4.69, 9.17) is 11.5 Å². The quantitative estimate of drug-likeness (QED) is 0.428. The van der Waals surface area contributed by atoms with E-state index in [0.717, 1.165) is 50.9 Å². The van der Waals surface area contributed by atoms with Gasteiger partial charge in [0.2, 0.25) is 0 Å². The molecular weight excluding hydrogens is 308 g/mol. The molecule has 0 atom stereocenters. The van der Waals surface area contributed by atoms with Gasteiger partial charge in [0, 0.05) is 23.5 Å². The van der Waals surface area contributed by atoms with E-state index in [1.807, 2.05) is 19.9 Å². The lowest BCUT2D eigenvalue weighted by Gasteiger charge is -2.39. The first kappa shape index (κ1) is 15.5. The largest absolute Gasteiger partial charge is 0.398 e. The van der Waals surface area contributed by atoms with Crippen molar-refractivity contribution in [2.45, 2.75) is 13.8 Å². The summed E-state index contributed by atoms with van der Waals surface area (Å²) in [4.78, 5) is 0. The molecule has 1 heterocycles. The molecule has 3 aromatic carbocycles. The van der Waals surface area contributed by atoms with Gasteiger partial charge in [-0.3, -0.25) is 0 Å². The van der Waals surface area contributed by atoms with E-state index in [2.05, 4.69) is 60.9 Å². The van der Waals surface area contributed by atoms with Crippen LogP contribution in [0.3, 0.4) is 0 Å². The van der Waals surface area contributed by atoms with Gasteiger partial charge in [-0.2, -0.15) is 0 Å². The molecule has 0 bridgehead atoms. The minimum Gasteiger partial charge on any atom is -0.398 e. The highest BCUT2D eigenvalue weighted by atomic mass is 15.4. The lowest BCUT2D eigenvalue weighted by molar-refractivity contribution is 0.625. The number of nitrogens with two attached hydrogens (primary N) is 2. The Balaban J connectivity index is 2.09. The van der Waals surface area contributed by atoms with E-state index in [9.17, 15) is 0 Å². The molecule has 25 heavy (non-hydrogen) atoms. The summed E-state index contributed by atoms with van der Waals surface area (Å²) in [7, 11) is 2.19. The summed E-state index contributed by atoms with van der Waals surface area (Å²) in [5.41, 5.74) is 21.8. The third-order valence-electron chi connectivity index (χ3n) is 5.27. The smallest absolute Gasteiger partial charge is 0.168 e. The second kappa shape index (κ2) is 5.26. The van der Waals surface area contributed by atoms with Gasteiger partial charge in [-0.05, 0) is 49.2 Å². The van der Waals surface area contributed by atoms with Gasteiger partial charge in [0.25, 0.3) is 0 Å². The molecule has 0 saturated carbocycles. The van der Waals surface area contributed by atoms with E-state index in [-0.39, 0.29) is 0 Å². The average molecular weight is 331 g/mol. The number of hydrogen-bond acceptors (Lipinski definition) is 3. The monoisotopic (exact) mass is 331 g/mol. The van der Waals surface area contributed by atoms with Crippen LogP contribution in [-0.4, -0.2) is 7.05 Å². The molecule has 4 heteroatoms. The van der Waals surface area contributed by atoms with Gasteiger partial charge >= 0.3 is 0 Å². The van der Waals surface area contributed by atoms with Crippen molar-refractivity contribution in [1.29, 1.82) is 0 Å². The number of aryl methyl sites for hydroxylation is 2. The summed E-state index contributed by atoms with van der Waals surface area (Å²) in [5.74, 6) is 0. The second-order valence-corrected chi connectivity index (χ2v) is 6.92. The average Bonchev–Trinajstić information content (AvgIpc) is 2.60. The number of benzene rings is 3. The number of para-hydroxylation sites is 1. The van der Waals surface area contributed by atoms with E-state index in [1.54, 1.807) is 0 Å². The molecular formula is C21H23N4+. The molecule has 0 radical (unpaired) electrons. The standard InChI is InChI=1S/C21H23N4/c1-13-9-18-20(11-16(13)22)25(3,15-7-5-4-6-8-15)21-12-17(23)14(2)10-19(21)24-18/h4-12,24H,22-23H2,1-3H3/q+1. The van der Waals surface area contributed by atoms with Crippen molar-refractivity contribution in [3.05, 3.63) is 65.7 Å². The van der Waals surface area contributed by atoms with Crippen LogP contribution in [0.1, 0.15) is 11.1 Å². The highest BCUT2D eigenvalue weighted by molar-refractivity contribution is 5.95. The fourth-order valence-electron chi connectivity index (χ4n) is 3.64.